The molecule has 21 heavy (non-hydrogen) atoms. The lowest BCUT2D eigenvalue weighted by Gasteiger charge is -2.27. The van der Waals surface area contributed by atoms with Crippen LogP contribution in [-0.2, 0) is 4.79 Å². The third-order valence-electron chi connectivity index (χ3n) is 3.69. The first-order chi connectivity index (χ1) is 10.1. The number of hydrogen-bond donors (Lipinski definition) is 2. The van der Waals surface area contributed by atoms with E-state index in [2.05, 4.69) is 5.32 Å². The summed E-state index contributed by atoms with van der Waals surface area (Å²) in [6, 6.07) is 5.90. The summed E-state index contributed by atoms with van der Waals surface area (Å²) in [6.45, 7) is -0.420. The quantitative estimate of drug-likeness (QED) is 0.610. The lowest BCUT2D eigenvalue weighted by Crippen LogP contribution is -2.50. The number of nitro benzene ring substituents is 1. The first-order valence-electron chi connectivity index (χ1n) is 6.84. The molecule has 1 aromatic carbocycles. The largest absolute Gasteiger partial charge is 0.477 e. The molecule has 0 atom stereocenters. The molecular formula is C14H18N2O5. The summed E-state index contributed by atoms with van der Waals surface area (Å²) >= 11 is 0. The van der Waals surface area contributed by atoms with Crippen LogP contribution >= 0.6 is 0 Å². The van der Waals surface area contributed by atoms with Crippen LogP contribution in [0.1, 0.15) is 25.7 Å². The highest BCUT2D eigenvalue weighted by Gasteiger charge is 2.34. The molecule has 0 spiro atoms. The SMILES string of the molecule is O=C(COc1ccccc1[N+](=O)[O-])NC1(CO)CCCC1. The predicted molar refractivity (Wildman–Crippen MR) is 75.0 cm³/mol. The average molecular weight is 294 g/mol. The molecule has 1 saturated carbocycles. The number of carbonyl (C=O) groups excluding carboxylic acids is 1. The van der Waals surface area contributed by atoms with Crippen molar-refractivity contribution in [3.8, 4) is 5.75 Å². The molecule has 0 saturated heterocycles. The lowest BCUT2D eigenvalue weighted by molar-refractivity contribution is -0.385. The van der Waals surface area contributed by atoms with Gasteiger partial charge in [0.1, 0.15) is 0 Å². The van der Waals surface area contributed by atoms with E-state index in [4.69, 9.17) is 4.74 Å². The Bertz CT molecular complexity index is 526. The second kappa shape index (κ2) is 6.53. The summed E-state index contributed by atoms with van der Waals surface area (Å²) in [5.74, 6) is -0.328. The van der Waals surface area contributed by atoms with Crippen LogP contribution in [0.5, 0.6) is 5.75 Å². The monoisotopic (exact) mass is 294 g/mol. The van der Waals surface area contributed by atoms with Crippen LogP contribution in [0.4, 0.5) is 5.69 Å². The van der Waals surface area contributed by atoms with Crippen molar-refractivity contribution in [3.05, 3.63) is 34.4 Å². The highest BCUT2D eigenvalue weighted by Crippen LogP contribution is 2.29. The molecule has 0 aromatic heterocycles. The number of carbonyl (C=O) groups is 1. The fraction of sp³-hybridized carbons (Fsp3) is 0.500. The Balaban J connectivity index is 1.94. The number of benzene rings is 1. The van der Waals surface area contributed by atoms with Gasteiger partial charge in [-0.25, -0.2) is 0 Å². The summed E-state index contributed by atoms with van der Waals surface area (Å²) < 4.78 is 5.22. The van der Waals surface area contributed by atoms with Crippen molar-refractivity contribution < 1.29 is 19.6 Å². The Morgan fingerprint density at radius 2 is 2.05 bits per heavy atom. The molecule has 1 aliphatic carbocycles. The molecule has 1 aromatic rings. The molecule has 1 amide bonds. The van der Waals surface area contributed by atoms with E-state index in [1.54, 1.807) is 6.07 Å². The topological polar surface area (TPSA) is 102 Å². The molecule has 7 heteroatoms. The number of ether oxygens (including phenoxy) is 1. The minimum Gasteiger partial charge on any atom is -0.477 e. The van der Waals surface area contributed by atoms with Crippen LogP contribution in [-0.4, -0.2) is 34.7 Å². The van der Waals surface area contributed by atoms with E-state index in [-0.39, 0.29) is 30.6 Å². The first kappa shape index (κ1) is 15.2. The maximum Gasteiger partial charge on any atom is 0.310 e. The van der Waals surface area contributed by atoms with Crippen LogP contribution in [0.3, 0.4) is 0 Å². The van der Waals surface area contributed by atoms with E-state index in [9.17, 15) is 20.0 Å². The highest BCUT2D eigenvalue weighted by molar-refractivity contribution is 5.78. The summed E-state index contributed by atoms with van der Waals surface area (Å²) in [5, 5.41) is 23.0. The fourth-order valence-corrected chi connectivity index (χ4v) is 2.58. The van der Waals surface area contributed by atoms with Gasteiger partial charge in [-0.05, 0) is 18.9 Å². The minimum absolute atomic E-state index is 0.0575. The molecule has 0 aliphatic heterocycles. The summed E-state index contributed by atoms with van der Waals surface area (Å²) in [5.41, 5.74) is -0.744. The average Bonchev–Trinajstić information content (AvgIpc) is 2.94. The van der Waals surface area contributed by atoms with E-state index in [0.717, 1.165) is 25.7 Å². The summed E-state index contributed by atoms with van der Waals surface area (Å²) in [6.07, 6.45) is 3.40. The molecule has 1 fully saturated rings. The van der Waals surface area contributed by atoms with Crippen LogP contribution in [0.2, 0.25) is 0 Å². The van der Waals surface area contributed by atoms with Crippen molar-refractivity contribution in [3.63, 3.8) is 0 Å². The van der Waals surface area contributed by atoms with E-state index in [1.165, 1.54) is 18.2 Å². The van der Waals surface area contributed by atoms with Gasteiger partial charge in [-0.1, -0.05) is 25.0 Å². The van der Waals surface area contributed by atoms with E-state index >= 15 is 0 Å². The number of nitrogens with one attached hydrogen (secondary N) is 1. The first-order valence-corrected chi connectivity index (χ1v) is 6.84. The van der Waals surface area contributed by atoms with E-state index in [1.807, 2.05) is 0 Å². The normalized spacial score (nSPS) is 16.4. The van der Waals surface area contributed by atoms with Gasteiger partial charge in [0, 0.05) is 6.07 Å². The molecule has 2 rings (SSSR count). The zero-order chi connectivity index (χ0) is 15.3. The van der Waals surface area contributed by atoms with Crippen molar-refractivity contribution in [1.82, 2.24) is 5.32 Å². The lowest BCUT2D eigenvalue weighted by atomic mass is 9.99. The predicted octanol–water partition coefficient (Wildman–Crippen LogP) is 1.39. The van der Waals surface area contributed by atoms with Gasteiger partial charge in [0.2, 0.25) is 0 Å². The maximum absolute atomic E-state index is 11.9. The summed E-state index contributed by atoms with van der Waals surface area (Å²) in [4.78, 5) is 22.2. The Morgan fingerprint density at radius 3 is 2.67 bits per heavy atom. The van der Waals surface area contributed by atoms with Gasteiger partial charge in [-0.15, -0.1) is 0 Å². The Kier molecular flexibility index (Phi) is 4.74. The van der Waals surface area contributed by atoms with Crippen LogP contribution < -0.4 is 10.1 Å². The minimum atomic E-state index is -0.566. The molecule has 2 N–H and O–H groups in total. The third-order valence-corrected chi connectivity index (χ3v) is 3.69. The molecule has 0 radical (unpaired) electrons. The van der Waals surface area contributed by atoms with Crippen molar-refractivity contribution in [2.24, 2.45) is 0 Å². The van der Waals surface area contributed by atoms with Gasteiger partial charge in [0.15, 0.2) is 12.4 Å². The van der Waals surface area contributed by atoms with Gasteiger partial charge in [0.25, 0.3) is 5.91 Å². The zero-order valence-corrected chi connectivity index (χ0v) is 11.6. The molecule has 0 bridgehead atoms. The molecule has 0 heterocycles. The third kappa shape index (κ3) is 3.69. The number of nitrogens with zero attached hydrogens (tertiary/aromatic N) is 1. The Hall–Kier alpha value is -2.15. The zero-order valence-electron chi connectivity index (χ0n) is 11.6. The van der Waals surface area contributed by atoms with Crippen molar-refractivity contribution >= 4 is 11.6 Å². The van der Waals surface area contributed by atoms with Gasteiger partial charge < -0.3 is 15.2 Å². The molecule has 1 aliphatic rings. The number of hydrogen-bond acceptors (Lipinski definition) is 5. The number of rotatable bonds is 6. The molecule has 114 valence electrons. The van der Waals surface area contributed by atoms with Crippen LogP contribution in [0.25, 0.3) is 0 Å². The Labute approximate surface area is 122 Å². The molecule has 7 nitrogen and oxygen atoms in total. The van der Waals surface area contributed by atoms with Gasteiger partial charge >= 0.3 is 5.69 Å². The number of nitro groups is 1. The van der Waals surface area contributed by atoms with Crippen LogP contribution in [0.15, 0.2) is 24.3 Å². The highest BCUT2D eigenvalue weighted by atomic mass is 16.6. The molecular weight excluding hydrogens is 276 g/mol. The second-order valence-corrected chi connectivity index (χ2v) is 5.21. The summed E-state index contributed by atoms with van der Waals surface area (Å²) in [7, 11) is 0. The van der Waals surface area contributed by atoms with Crippen molar-refractivity contribution in [2.45, 2.75) is 31.2 Å². The number of para-hydroxylation sites is 2. The molecule has 0 unspecified atom stereocenters. The fourth-order valence-electron chi connectivity index (χ4n) is 2.58. The van der Waals surface area contributed by atoms with Crippen LogP contribution in [0, 0.1) is 10.1 Å². The van der Waals surface area contributed by atoms with Crippen molar-refractivity contribution in [2.75, 3.05) is 13.2 Å². The number of aliphatic hydroxyl groups is 1. The van der Waals surface area contributed by atoms with E-state index in [0.29, 0.717) is 0 Å². The standard InChI is InChI=1S/C14H18N2O5/c17-10-14(7-3-4-8-14)15-13(18)9-21-12-6-2-1-5-11(12)16(19)20/h1-2,5-6,17H,3-4,7-10H2,(H,15,18). The van der Waals surface area contributed by atoms with Gasteiger partial charge in [-0.3, -0.25) is 14.9 Å². The number of amides is 1. The smallest absolute Gasteiger partial charge is 0.310 e. The van der Waals surface area contributed by atoms with Gasteiger partial charge in [0.05, 0.1) is 17.1 Å². The Morgan fingerprint density at radius 1 is 1.38 bits per heavy atom. The van der Waals surface area contributed by atoms with Gasteiger partial charge in [-0.2, -0.15) is 0 Å². The maximum atomic E-state index is 11.9. The van der Waals surface area contributed by atoms with E-state index < -0.39 is 10.5 Å². The number of aliphatic hydroxyl groups excluding tert-OH is 1. The second-order valence-electron chi connectivity index (χ2n) is 5.21. The van der Waals surface area contributed by atoms with Crippen molar-refractivity contribution in [1.29, 1.82) is 0 Å².